The van der Waals surface area contributed by atoms with Crippen LogP contribution < -0.4 is 25.4 Å². The van der Waals surface area contributed by atoms with E-state index >= 15 is 0 Å². The number of carbonyl (C=O) groups excluding carboxylic acids is 3. The molecule has 0 bridgehead atoms. The summed E-state index contributed by atoms with van der Waals surface area (Å²) < 4.78 is 16.5. The smallest absolute Gasteiger partial charge is 0.338 e. The van der Waals surface area contributed by atoms with Crippen molar-refractivity contribution in [3.8, 4) is 11.5 Å². The SMILES string of the molecule is CCOC(=O)C1=C(C(C)C)NC(=O)NC1c1ccc(OCC(=O)Nc2ccc(C)cc2C)c(OC)c1. The lowest BCUT2D eigenvalue weighted by Gasteiger charge is -2.31. The second kappa shape index (κ2) is 11.6. The minimum atomic E-state index is -0.744. The molecule has 2 aromatic rings. The van der Waals surface area contributed by atoms with Crippen LogP contribution in [0, 0.1) is 19.8 Å². The molecule has 0 spiro atoms. The Kier molecular flexibility index (Phi) is 8.58. The third-order valence-electron chi connectivity index (χ3n) is 5.71. The van der Waals surface area contributed by atoms with Crippen LogP contribution in [0.3, 0.4) is 0 Å². The van der Waals surface area contributed by atoms with Crippen molar-refractivity contribution in [3.63, 3.8) is 0 Å². The highest BCUT2D eigenvalue weighted by atomic mass is 16.5. The molecule has 36 heavy (non-hydrogen) atoms. The molecule has 0 fully saturated rings. The summed E-state index contributed by atoms with van der Waals surface area (Å²) in [5.41, 5.74) is 4.23. The molecule has 192 valence electrons. The maximum atomic E-state index is 12.8. The monoisotopic (exact) mass is 495 g/mol. The van der Waals surface area contributed by atoms with Crippen molar-refractivity contribution < 1.29 is 28.6 Å². The van der Waals surface area contributed by atoms with Crippen molar-refractivity contribution in [1.82, 2.24) is 10.6 Å². The number of ether oxygens (including phenoxy) is 3. The van der Waals surface area contributed by atoms with Crippen LogP contribution in [0.1, 0.15) is 43.5 Å². The van der Waals surface area contributed by atoms with Crippen LogP contribution >= 0.6 is 0 Å². The van der Waals surface area contributed by atoms with Gasteiger partial charge in [-0.1, -0.05) is 37.6 Å². The third kappa shape index (κ3) is 6.16. The number of hydrogen-bond donors (Lipinski definition) is 3. The largest absolute Gasteiger partial charge is 0.493 e. The van der Waals surface area contributed by atoms with E-state index in [9.17, 15) is 14.4 Å². The predicted octanol–water partition coefficient (Wildman–Crippen LogP) is 4.16. The van der Waals surface area contributed by atoms with E-state index in [-0.39, 0.29) is 25.0 Å². The Morgan fingerprint density at radius 1 is 1.08 bits per heavy atom. The number of nitrogens with one attached hydrogen (secondary N) is 3. The molecule has 1 atom stereocenters. The van der Waals surface area contributed by atoms with Gasteiger partial charge in [-0.2, -0.15) is 0 Å². The maximum Gasteiger partial charge on any atom is 0.338 e. The molecule has 3 N–H and O–H groups in total. The minimum absolute atomic E-state index is 0.113. The zero-order chi connectivity index (χ0) is 26.4. The molecule has 3 rings (SSSR count). The Hall–Kier alpha value is -4.01. The van der Waals surface area contributed by atoms with E-state index in [1.807, 2.05) is 45.9 Å². The molecule has 1 aliphatic heterocycles. The van der Waals surface area contributed by atoms with Crippen LogP contribution in [-0.4, -0.2) is 38.2 Å². The first kappa shape index (κ1) is 26.6. The molecule has 3 amide bonds. The molecule has 1 aliphatic rings. The summed E-state index contributed by atoms with van der Waals surface area (Å²) >= 11 is 0. The Morgan fingerprint density at radius 3 is 2.47 bits per heavy atom. The van der Waals surface area contributed by atoms with Crippen LogP contribution in [-0.2, 0) is 14.3 Å². The molecule has 9 nitrogen and oxygen atoms in total. The lowest BCUT2D eigenvalue weighted by Crippen LogP contribution is -2.47. The van der Waals surface area contributed by atoms with Gasteiger partial charge in [-0.05, 0) is 56.0 Å². The fourth-order valence-corrected chi connectivity index (χ4v) is 3.99. The van der Waals surface area contributed by atoms with Crippen molar-refractivity contribution in [2.75, 3.05) is 25.6 Å². The third-order valence-corrected chi connectivity index (χ3v) is 5.71. The second-order valence-electron chi connectivity index (χ2n) is 8.80. The average Bonchev–Trinajstić information content (AvgIpc) is 2.83. The number of esters is 1. The highest BCUT2D eigenvalue weighted by Gasteiger charge is 2.35. The van der Waals surface area contributed by atoms with Crippen molar-refractivity contribution in [1.29, 1.82) is 0 Å². The Bertz CT molecular complexity index is 1190. The number of amides is 3. The van der Waals surface area contributed by atoms with Gasteiger partial charge in [0.1, 0.15) is 0 Å². The standard InChI is InChI=1S/C27H33N3O6/c1-7-35-26(32)23-24(15(2)3)29-27(33)30-25(23)18-9-11-20(21(13-18)34-6)36-14-22(31)28-19-10-8-16(4)12-17(19)5/h8-13,15,25H,7,14H2,1-6H3,(H,28,31)(H2,29,30,33). The topological polar surface area (TPSA) is 115 Å². The maximum absolute atomic E-state index is 12.8. The van der Waals surface area contributed by atoms with Gasteiger partial charge in [0.15, 0.2) is 18.1 Å². The first-order valence-electron chi connectivity index (χ1n) is 11.8. The lowest BCUT2D eigenvalue weighted by molar-refractivity contribution is -0.139. The molecule has 2 aromatic carbocycles. The van der Waals surface area contributed by atoms with Crippen LogP contribution in [0.25, 0.3) is 0 Å². The number of urea groups is 1. The quantitative estimate of drug-likeness (QED) is 0.450. The van der Waals surface area contributed by atoms with E-state index in [2.05, 4.69) is 16.0 Å². The summed E-state index contributed by atoms with van der Waals surface area (Å²) in [7, 11) is 1.48. The van der Waals surface area contributed by atoms with E-state index in [0.29, 0.717) is 28.3 Å². The summed E-state index contributed by atoms with van der Waals surface area (Å²) in [6.07, 6.45) is 0. The van der Waals surface area contributed by atoms with E-state index in [0.717, 1.165) is 16.8 Å². The number of rotatable bonds is 9. The van der Waals surface area contributed by atoms with Gasteiger partial charge in [0.05, 0.1) is 25.3 Å². The Labute approximate surface area is 211 Å². The summed E-state index contributed by atoms with van der Waals surface area (Å²) in [4.78, 5) is 37.7. The highest BCUT2D eigenvalue weighted by Crippen LogP contribution is 2.35. The lowest BCUT2D eigenvalue weighted by atomic mass is 9.91. The van der Waals surface area contributed by atoms with Crippen LogP contribution in [0.15, 0.2) is 47.7 Å². The number of anilines is 1. The summed E-state index contributed by atoms with van der Waals surface area (Å²) in [6.45, 7) is 9.39. The molecule has 0 aliphatic carbocycles. The second-order valence-corrected chi connectivity index (χ2v) is 8.80. The molecule has 1 unspecified atom stereocenters. The molecule has 0 radical (unpaired) electrons. The zero-order valence-electron chi connectivity index (χ0n) is 21.5. The molecule has 9 heteroatoms. The first-order chi connectivity index (χ1) is 17.1. The minimum Gasteiger partial charge on any atom is -0.493 e. The van der Waals surface area contributed by atoms with Crippen LogP contribution in [0.4, 0.5) is 10.5 Å². The van der Waals surface area contributed by atoms with Crippen molar-refractivity contribution >= 4 is 23.6 Å². The van der Waals surface area contributed by atoms with Gasteiger partial charge < -0.3 is 30.2 Å². The molecule has 0 saturated heterocycles. The zero-order valence-corrected chi connectivity index (χ0v) is 21.5. The van der Waals surface area contributed by atoms with Crippen LogP contribution in [0.5, 0.6) is 11.5 Å². The number of benzene rings is 2. The van der Waals surface area contributed by atoms with E-state index in [4.69, 9.17) is 14.2 Å². The number of carbonyl (C=O) groups is 3. The first-order valence-corrected chi connectivity index (χ1v) is 11.8. The molecule has 0 aromatic heterocycles. The van der Waals surface area contributed by atoms with Crippen molar-refractivity contribution in [2.45, 2.75) is 40.7 Å². The number of allylic oxidation sites excluding steroid dienone is 1. The average molecular weight is 496 g/mol. The van der Waals surface area contributed by atoms with Gasteiger partial charge in [-0.3, -0.25) is 4.79 Å². The van der Waals surface area contributed by atoms with Gasteiger partial charge >= 0.3 is 12.0 Å². The molecular formula is C27H33N3O6. The van der Waals surface area contributed by atoms with E-state index in [1.54, 1.807) is 25.1 Å². The number of methoxy groups -OCH3 is 1. The van der Waals surface area contributed by atoms with Gasteiger partial charge in [-0.25, -0.2) is 9.59 Å². The molecule has 1 heterocycles. The summed E-state index contributed by atoms with van der Waals surface area (Å²) in [6, 6.07) is 9.63. The normalized spacial score (nSPS) is 15.2. The predicted molar refractivity (Wildman–Crippen MR) is 136 cm³/mol. The van der Waals surface area contributed by atoms with E-state index in [1.165, 1.54) is 7.11 Å². The van der Waals surface area contributed by atoms with E-state index < -0.39 is 18.0 Å². The molecule has 0 saturated carbocycles. The summed E-state index contributed by atoms with van der Waals surface area (Å²) in [5, 5.41) is 8.37. The van der Waals surface area contributed by atoms with Crippen molar-refractivity contribution in [3.05, 3.63) is 64.4 Å². The fraction of sp³-hybridized carbons (Fsp3) is 0.370. The van der Waals surface area contributed by atoms with Crippen molar-refractivity contribution in [2.24, 2.45) is 5.92 Å². The Morgan fingerprint density at radius 2 is 1.83 bits per heavy atom. The summed E-state index contributed by atoms with van der Waals surface area (Å²) in [5.74, 6) is -0.232. The van der Waals surface area contributed by atoms with Gasteiger partial charge in [-0.15, -0.1) is 0 Å². The Balaban J connectivity index is 1.82. The number of aryl methyl sites for hydroxylation is 2. The van der Waals surface area contributed by atoms with Gasteiger partial charge in [0, 0.05) is 11.4 Å². The van der Waals surface area contributed by atoms with Gasteiger partial charge in [0.25, 0.3) is 5.91 Å². The fourth-order valence-electron chi connectivity index (χ4n) is 3.99. The number of hydrogen-bond acceptors (Lipinski definition) is 6. The van der Waals surface area contributed by atoms with Crippen LogP contribution in [0.2, 0.25) is 0 Å². The molecular weight excluding hydrogens is 462 g/mol. The highest BCUT2D eigenvalue weighted by molar-refractivity contribution is 5.95. The van der Waals surface area contributed by atoms with Gasteiger partial charge in [0.2, 0.25) is 0 Å².